The number of halogens is 1. The number of hydrogen-bond donors (Lipinski definition) is 1. The summed E-state index contributed by atoms with van der Waals surface area (Å²) in [5.41, 5.74) is 3.09. The Bertz CT molecular complexity index is 868. The zero-order valence-electron chi connectivity index (χ0n) is 11.3. The topological polar surface area (TPSA) is 61.6 Å². The summed E-state index contributed by atoms with van der Waals surface area (Å²) in [6.07, 6.45) is 0. The predicted octanol–water partition coefficient (Wildman–Crippen LogP) is 4.21. The molecule has 2 aromatic heterocycles. The minimum Gasteiger partial charge on any atom is -0.338 e. The highest BCUT2D eigenvalue weighted by molar-refractivity contribution is 6.29. The zero-order chi connectivity index (χ0) is 14.8. The SMILES string of the molecule is Cc1ccc2cccc(Nc3cc(C#N)cc(Cl)n3)c2n1. The minimum atomic E-state index is 0.279. The smallest absolute Gasteiger partial charge is 0.133 e. The molecule has 0 unspecified atom stereocenters. The van der Waals surface area contributed by atoms with E-state index in [-0.39, 0.29) is 5.15 Å². The minimum absolute atomic E-state index is 0.279. The second-order valence-electron chi connectivity index (χ2n) is 4.63. The average Bonchev–Trinajstić information content (AvgIpc) is 2.47. The number of benzene rings is 1. The summed E-state index contributed by atoms with van der Waals surface area (Å²) in [6, 6.07) is 15.1. The highest BCUT2D eigenvalue weighted by Gasteiger charge is 2.06. The van der Waals surface area contributed by atoms with Crippen molar-refractivity contribution in [3.63, 3.8) is 0 Å². The molecule has 1 aromatic carbocycles. The molecule has 0 spiro atoms. The van der Waals surface area contributed by atoms with Gasteiger partial charge in [-0.3, -0.25) is 4.98 Å². The molecule has 0 amide bonds. The summed E-state index contributed by atoms with van der Waals surface area (Å²) in [5, 5.41) is 13.5. The molecule has 3 rings (SSSR count). The molecule has 2 heterocycles. The number of nitriles is 1. The van der Waals surface area contributed by atoms with Crippen LogP contribution in [0.4, 0.5) is 11.5 Å². The molecule has 21 heavy (non-hydrogen) atoms. The molecule has 0 aliphatic rings. The van der Waals surface area contributed by atoms with Gasteiger partial charge in [-0.25, -0.2) is 4.98 Å². The van der Waals surface area contributed by atoms with Crippen LogP contribution in [0, 0.1) is 18.3 Å². The van der Waals surface area contributed by atoms with Gasteiger partial charge in [-0.15, -0.1) is 0 Å². The standard InChI is InChI=1S/C16H11ClN4/c1-10-5-6-12-3-2-4-13(16(12)19-10)20-15-8-11(9-18)7-14(17)21-15/h2-8H,1H3,(H,20,21). The van der Waals surface area contributed by atoms with Gasteiger partial charge in [-0.05, 0) is 31.2 Å². The van der Waals surface area contributed by atoms with Gasteiger partial charge in [-0.1, -0.05) is 29.8 Å². The van der Waals surface area contributed by atoms with Crippen molar-refractivity contribution in [2.24, 2.45) is 0 Å². The molecule has 3 aromatic rings. The van der Waals surface area contributed by atoms with Gasteiger partial charge in [0.1, 0.15) is 11.0 Å². The molecule has 102 valence electrons. The van der Waals surface area contributed by atoms with Gasteiger partial charge in [0.2, 0.25) is 0 Å². The van der Waals surface area contributed by atoms with Crippen molar-refractivity contribution in [3.8, 4) is 6.07 Å². The van der Waals surface area contributed by atoms with Crippen molar-refractivity contribution < 1.29 is 0 Å². The van der Waals surface area contributed by atoms with E-state index in [0.717, 1.165) is 22.3 Å². The van der Waals surface area contributed by atoms with Crippen molar-refractivity contribution in [2.75, 3.05) is 5.32 Å². The van der Waals surface area contributed by atoms with Crippen LogP contribution in [0.1, 0.15) is 11.3 Å². The van der Waals surface area contributed by atoms with E-state index in [0.29, 0.717) is 11.4 Å². The van der Waals surface area contributed by atoms with Crippen LogP contribution < -0.4 is 5.32 Å². The van der Waals surface area contributed by atoms with Gasteiger partial charge >= 0.3 is 0 Å². The summed E-state index contributed by atoms with van der Waals surface area (Å²) in [6.45, 7) is 1.95. The first-order valence-electron chi connectivity index (χ1n) is 6.37. The van der Waals surface area contributed by atoms with Crippen LogP contribution in [-0.4, -0.2) is 9.97 Å². The van der Waals surface area contributed by atoms with Crippen LogP contribution in [-0.2, 0) is 0 Å². The molecule has 0 bridgehead atoms. The number of anilines is 2. The van der Waals surface area contributed by atoms with E-state index in [1.807, 2.05) is 37.3 Å². The van der Waals surface area contributed by atoms with E-state index in [1.165, 1.54) is 6.07 Å². The molecule has 0 aliphatic carbocycles. The van der Waals surface area contributed by atoms with Crippen molar-refractivity contribution in [1.29, 1.82) is 5.26 Å². The van der Waals surface area contributed by atoms with Crippen LogP contribution in [0.25, 0.3) is 10.9 Å². The second kappa shape index (κ2) is 5.39. The zero-order valence-corrected chi connectivity index (χ0v) is 12.0. The highest BCUT2D eigenvalue weighted by atomic mass is 35.5. The Hall–Kier alpha value is -2.64. The summed E-state index contributed by atoms with van der Waals surface area (Å²) in [4.78, 5) is 8.73. The van der Waals surface area contributed by atoms with Crippen LogP contribution >= 0.6 is 11.6 Å². The third kappa shape index (κ3) is 2.78. The molecule has 5 heteroatoms. The number of nitrogens with zero attached hydrogens (tertiary/aromatic N) is 3. The fourth-order valence-electron chi connectivity index (χ4n) is 2.11. The Morgan fingerprint density at radius 3 is 2.81 bits per heavy atom. The van der Waals surface area contributed by atoms with Crippen LogP contribution in [0.15, 0.2) is 42.5 Å². The number of fused-ring (bicyclic) bond motifs is 1. The largest absolute Gasteiger partial charge is 0.338 e. The number of aromatic nitrogens is 2. The fraction of sp³-hybridized carbons (Fsp3) is 0.0625. The third-order valence-electron chi connectivity index (χ3n) is 3.05. The number of aryl methyl sites for hydroxylation is 1. The number of nitrogens with one attached hydrogen (secondary N) is 1. The molecular weight excluding hydrogens is 284 g/mol. The second-order valence-corrected chi connectivity index (χ2v) is 5.02. The average molecular weight is 295 g/mol. The molecule has 0 fully saturated rings. The van der Waals surface area contributed by atoms with Gasteiger partial charge < -0.3 is 5.32 Å². The van der Waals surface area contributed by atoms with Gasteiger partial charge in [0, 0.05) is 11.1 Å². The van der Waals surface area contributed by atoms with Crippen molar-refractivity contribution >= 4 is 34.0 Å². The number of para-hydroxylation sites is 1. The Labute approximate surface area is 127 Å². The first kappa shape index (κ1) is 13.3. The molecular formula is C16H11ClN4. The van der Waals surface area contributed by atoms with E-state index < -0.39 is 0 Å². The van der Waals surface area contributed by atoms with E-state index in [4.69, 9.17) is 16.9 Å². The third-order valence-corrected chi connectivity index (χ3v) is 3.24. The van der Waals surface area contributed by atoms with Crippen LogP contribution in [0.2, 0.25) is 5.15 Å². The van der Waals surface area contributed by atoms with Crippen LogP contribution in [0.3, 0.4) is 0 Å². The number of rotatable bonds is 2. The first-order valence-corrected chi connectivity index (χ1v) is 6.74. The van der Waals surface area contributed by atoms with E-state index in [2.05, 4.69) is 21.4 Å². The molecule has 0 aliphatic heterocycles. The highest BCUT2D eigenvalue weighted by Crippen LogP contribution is 2.25. The van der Waals surface area contributed by atoms with E-state index in [9.17, 15) is 0 Å². The monoisotopic (exact) mass is 294 g/mol. The van der Waals surface area contributed by atoms with Gasteiger partial charge in [0.15, 0.2) is 0 Å². The molecule has 0 radical (unpaired) electrons. The lowest BCUT2D eigenvalue weighted by atomic mass is 10.1. The summed E-state index contributed by atoms with van der Waals surface area (Å²) >= 11 is 5.92. The summed E-state index contributed by atoms with van der Waals surface area (Å²) in [7, 11) is 0. The number of hydrogen-bond acceptors (Lipinski definition) is 4. The molecule has 4 nitrogen and oxygen atoms in total. The Kier molecular flexibility index (Phi) is 3.43. The molecule has 0 saturated heterocycles. The molecule has 0 atom stereocenters. The summed E-state index contributed by atoms with van der Waals surface area (Å²) < 4.78 is 0. The lowest BCUT2D eigenvalue weighted by Crippen LogP contribution is -1.97. The summed E-state index contributed by atoms with van der Waals surface area (Å²) in [5.74, 6) is 0.523. The molecule has 0 saturated carbocycles. The van der Waals surface area contributed by atoms with E-state index in [1.54, 1.807) is 6.07 Å². The maximum atomic E-state index is 8.98. The van der Waals surface area contributed by atoms with Crippen LogP contribution in [0.5, 0.6) is 0 Å². The normalized spacial score (nSPS) is 10.3. The van der Waals surface area contributed by atoms with E-state index >= 15 is 0 Å². The maximum Gasteiger partial charge on any atom is 0.133 e. The lowest BCUT2D eigenvalue weighted by molar-refractivity contribution is 1.25. The Morgan fingerprint density at radius 2 is 2.00 bits per heavy atom. The van der Waals surface area contributed by atoms with Gasteiger partial charge in [0.05, 0.1) is 22.8 Å². The first-order chi connectivity index (χ1) is 10.2. The van der Waals surface area contributed by atoms with Gasteiger partial charge in [0.25, 0.3) is 0 Å². The molecule has 1 N–H and O–H groups in total. The quantitative estimate of drug-likeness (QED) is 0.719. The Balaban J connectivity index is 2.08. The van der Waals surface area contributed by atoms with Crippen molar-refractivity contribution in [3.05, 3.63) is 58.9 Å². The Morgan fingerprint density at radius 1 is 1.14 bits per heavy atom. The maximum absolute atomic E-state index is 8.98. The fourth-order valence-corrected chi connectivity index (χ4v) is 2.32. The predicted molar refractivity (Wildman–Crippen MR) is 83.7 cm³/mol. The van der Waals surface area contributed by atoms with Gasteiger partial charge in [-0.2, -0.15) is 5.26 Å². The lowest BCUT2D eigenvalue weighted by Gasteiger charge is -2.09. The number of pyridine rings is 2. The van der Waals surface area contributed by atoms with Crippen molar-refractivity contribution in [2.45, 2.75) is 6.92 Å². The van der Waals surface area contributed by atoms with Crippen molar-refractivity contribution in [1.82, 2.24) is 9.97 Å².